The maximum absolute atomic E-state index is 13.8. The zero-order valence-electron chi connectivity index (χ0n) is 16.4. The van der Waals surface area contributed by atoms with E-state index in [9.17, 15) is 22.0 Å². The van der Waals surface area contributed by atoms with Crippen LogP contribution in [0.25, 0.3) is 11.4 Å². The summed E-state index contributed by atoms with van der Waals surface area (Å²) in [7, 11) is -2.21. The van der Waals surface area contributed by atoms with Crippen molar-refractivity contribution in [3.8, 4) is 17.1 Å². The molecule has 14 heteroatoms. The van der Waals surface area contributed by atoms with Gasteiger partial charge in [-0.3, -0.25) is 10.00 Å². The summed E-state index contributed by atoms with van der Waals surface area (Å²) in [4.78, 5) is 23.5. The lowest BCUT2D eigenvalue weighted by Gasteiger charge is -2.15. The molecule has 0 unspecified atom stereocenters. The Morgan fingerprint density at radius 3 is 2.48 bits per heavy atom. The van der Waals surface area contributed by atoms with Crippen LogP contribution in [-0.2, 0) is 21.9 Å². The first-order chi connectivity index (χ1) is 14.5. The van der Waals surface area contributed by atoms with Crippen molar-refractivity contribution in [2.24, 2.45) is 7.05 Å². The van der Waals surface area contributed by atoms with Gasteiger partial charge in [-0.1, -0.05) is 0 Å². The molecule has 164 valence electrons. The van der Waals surface area contributed by atoms with E-state index < -0.39 is 34.1 Å². The molecule has 0 saturated carbocycles. The molecule has 0 bridgehead atoms. The summed E-state index contributed by atoms with van der Waals surface area (Å²) in [5, 5.41) is 6.45. The summed E-state index contributed by atoms with van der Waals surface area (Å²) in [6.07, 6.45) is 3.12. The van der Waals surface area contributed by atoms with Gasteiger partial charge < -0.3 is 8.92 Å². The first-order valence-corrected chi connectivity index (χ1v) is 10.4. The largest absolute Gasteiger partial charge is 0.441 e. The number of aryl methyl sites for hydroxylation is 1. The number of nitrogens with one attached hydrogen (secondary N) is 1. The first-order valence-electron chi connectivity index (χ1n) is 8.56. The van der Waals surface area contributed by atoms with Gasteiger partial charge in [0, 0.05) is 7.05 Å². The molecule has 0 aromatic carbocycles. The third kappa shape index (κ3) is 5.48. The molecule has 3 aromatic heterocycles. The predicted octanol–water partition coefficient (Wildman–Crippen LogP) is 2.20. The van der Waals surface area contributed by atoms with Crippen molar-refractivity contribution in [1.82, 2.24) is 24.7 Å². The SMILES string of the molecule is C[C@@H](OC(=O)Nc1c(-c2ncc(OS(C)(=O)=O)cn2)cnn1C)c1cc(F)cnc1F. The van der Waals surface area contributed by atoms with E-state index in [0.29, 0.717) is 6.20 Å². The molecule has 0 spiro atoms. The van der Waals surface area contributed by atoms with Gasteiger partial charge in [0.1, 0.15) is 17.7 Å². The summed E-state index contributed by atoms with van der Waals surface area (Å²) in [6.45, 7) is 1.35. The van der Waals surface area contributed by atoms with Crippen LogP contribution in [-0.4, -0.2) is 45.5 Å². The number of pyridine rings is 1. The average molecular weight is 454 g/mol. The topological polar surface area (TPSA) is 138 Å². The fraction of sp³-hybridized carbons (Fsp3) is 0.235. The van der Waals surface area contributed by atoms with Crippen molar-refractivity contribution in [2.75, 3.05) is 11.6 Å². The summed E-state index contributed by atoms with van der Waals surface area (Å²) in [6, 6.07) is 0.879. The highest BCUT2D eigenvalue weighted by atomic mass is 32.2. The maximum atomic E-state index is 13.8. The van der Waals surface area contributed by atoms with Crippen LogP contribution >= 0.6 is 0 Å². The number of halogens is 2. The van der Waals surface area contributed by atoms with Crippen LogP contribution in [0.2, 0.25) is 0 Å². The maximum Gasteiger partial charge on any atom is 0.413 e. The Morgan fingerprint density at radius 1 is 1.16 bits per heavy atom. The second-order valence-electron chi connectivity index (χ2n) is 6.27. The molecule has 0 saturated heterocycles. The van der Waals surface area contributed by atoms with E-state index in [1.807, 2.05) is 0 Å². The molecule has 1 atom stereocenters. The van der Waals surface area contributed by atoms with Gasteiger partial charge in [-0.25, -0.2) is 24.1 Å². The van der Waals surface area contributed by atoms with Gasteiger partial charge >= 0.3 is 16.2 Å². The number of carbonyl (C=O) groups excluding carboxylic acids is 1. The molecular weight excluding hydrogens is 438 g/mol. The number of ether oxygens (including phenoxy) is 1. The fourth-order valence-corrected chi connectivity index (χ4v) is 2.93. The summed E-state index contributed by atoms with van der Waals surface area (Å²) in [5.41, 5.74) is 0.0572. The first kappa shape index (κ1) is 22.0. The average Bonchev–Trinajstić information content (AvgIpc) is 3.03. The van der Waals surface area contributed by atoms with Crippen molar-refractivity contribution >= 4 is 22.0 Å². The Hall–Kier alpha value is -3.68. The second-order valence-corrected chi connectivity index (χ2v) is 7.84. The number of hydrogen-bond donors (Lipinski definition) is 1. The summed E-state index contributed by atoms with van der Waals surface area (Å²) in [5.74, 6) is -1.58. The molecule has 31 heavy (non-hydrogen) atoms. The van der Waals surface area contributed by atoms with Gasteiger partial charge in [-0.15, -0.1) is 0 Å². The lowest BCUT2D eigenvalue weighted by Crippen LogP contribution is -2.19. The van der Waals surface area contributed by atoms with Crippen molar-refractivity contribution < 1.29 is 30.9 Å². The standard InChI is InChI=1S/C17H16F2N6O5S/c1-9(12-4-10(18)5-20-14(12)19)29-17(26)24-16-13(8-23-25(16)2)15-21-6-11(7-22-15)30-31(3,27)28/h4-9H,1-3H3,(H,24,26)/t9-/m1/s1. The predicted molar refractivity (Wildman–Crippen MR) is 102 cm³/mol. The van der Waals surface area contributed by atoms with Crippen LogP contribution in [0.1, 0.15) is 18.6 Å². The number of hydrogen-bond acceptors (Lipinski definition) is 9. The minimum atomic E-state index is -3.74. The third-order valence-electron chi connectivity index (χ3n) is 3.83. The molecule has 1 N–H and O–H groups in total. The van der Waals surface area contributed by atoms with Crippen LogP contribution in [0, 0.1) is 11.8 Å². The van der Waals surface area contributed by atoms with Crippen LogP contribution < -0.4 is 9.50 Å². The van der Waals surface area contributed by atoms with Crippen LogP contribution in [0.3, 0.4) is 0 Å². The quantitative estimate of drug-likeness (QED) is 0.439. The third-order valence-corrected chi connectivity index (χ3v) is 4.33. The molecule has 0 aliphatic rings. The van der Waals surface area contributed by atoms with Gasteiger partial charge in [0.25, 0.3) is 0 Å². The zero-order chi connectivity index (χ0) is 22.8. The highest BCUT2D eigenvalue weighted by Gasteiger charge is 2.21. The highest BCUT2D eigenvalue weighted by molar-refractivity contribution is 7.86. The number of rotatable bonds is 6. The molecule has 0 radical (unpaired) electrons. The van der Waals surface area contributed by atoms with Gasteiger partial charge in [0.2, 0.25) is 5.95 Å². The Morgan fingerprint density at radius 2 is 1.84 bits per heavy atom. The van der Waals surface area contributed by atoms with E-state index in [4.69, 9.17) is 4.74 Å². The molecule has 0 fully saturated rings. The van der Waals surface area contributed by atoms with E-state index in [2.05, 4.69) is 29.6 Å². The van der Waals surface area contributed by atoms with E-state index >= 15 is 0 Å². The fourth-order valence-electron chi connectivity index (χ4n) is 2.50. The number of carbonyl (C=O) groups is 1. The Bertz CT molecular complexity index is 1220. The molecule has 3 rings (SSSR count). The minimum Gasteiger partial charge on any atom is -0.441 e. The summed E-state index contributed by atoms with van der Waals surface area (Å²) >= 11 is 0. The number of nitrogens with zero attached hydrogens (tertiary/aromatic N) is 5. The monoisotopic (exact) mass is 454 g/mol. The van der Waals surface area contributed by atoms with Crippen molar-refractivity contribution in [3.63, 3.8) is 0 Å². The summed E-state index contributed by atoms with van der Waals surface area (Å²) < 4.78 is 60.5. The Labute approximate surface area is 175 Å². The second kappa shape index (κ2) is 8.59. The normalized spacial score (nSPS) is 12.3. The molecule has 1 amide bonds. The zero-order valence-corrected chi connectivity index (χ0v) is 17.2. The molecular formula is C17H16F2N6O5S. The Balaban J connectivity index is 1.76. The molecule has 11 nitrogen and oxygen atoms in total. The van der Waals surface area contributed by atoms with Crippen molar-refractivity contribution in [2.45, 2.75) is 13.0 Å². The minimum absolute atomic E-state index is 0.0939. The van der Waals surface area contributed by atoms with Gasteiger partial charge in [-0.2, -0.15) is 17.9 Å². The number of amides is 1. The molecule has 3 aromatic rings. The van der Waals surface area contributed by atoms with Crippen molar-refractivity contribution in [1.29, 1.82) is 0 Å². The van der Waals surface area contributed by atoms with Crippen LogP contribution in [0.4, 0.5) is 19.4 Å². The van der Waals surface area contributed by atoms with Gasteiger partial charge in [0.05, 0.1) is 42.2 Å². The van der Waals surface area contributed by atoms with E-state index in [1.54, 1.807) is 0 Å². The van der Waals surface area contributed by atoms with Gasteiger partial charge in [-0.05, 0) is 13.0 Å². The van der Waals surface area contributed by atoms with Crippen LogP contribution in [0.15, 0.2) is 30.9 Å². The number of aromatic nitrogens is 5. The Kier molecular flexibility index (Phi) is 6.10. The highest BCUT2D eigenvalue weighted by Crippen LogP contribution is 2.26. The smallest absolute Gasteiger partial charge is 0.413 e. The molecule has 0 aliphatic carbocycles. The lowest BCUT2D eigenvalue weighted by atomic mass is 10.2. The van der Waals surface area contributed by atoms with Gasteiger partial charge in [0.15, 0.2) is 11.6 Å². The van der Waals surface area contributed by atoms with Crippen molar-refractivity contribution in [3.05, 3.63) is 48.2 Å². The van der Waals surface area contributed by atoms with Crippen LogP contribution in [0.5, 0.6) is 5.75 Å². The number of anilines is 1. The molecule has 0 aliphatic heterocycles. The van der Waals surface area contributed by atoms with E-state index in [1.165, 1.54) is 24.9 Å². The van der Waals surface area contributed by atoms with E-state index in [0.717, 1.165) is 24.7 Å². The molecule has 3 heterocycles. The van der Waals surface area contributed by atoms with E-state index in [-0.39, 0.29) is 28.5 Å². The lowest BCUT2D eigenvalue weighted by molar-refractivity contribution is 0.118.